The molecule has 0 aromatic heterocycles. The number of aliphatic hydroxyl groups excluding tert-OH is 1. The maximum Gasteiger partial charge on any atom is 0.125 e. The van der Waals surface area contributed by atoms with Gasteiger partial charge in [-0.05, 0) is 18.2 Å². The summed E-state index contributed by atoms with van der Waals surface area (Å²) in [5, 5.41) is 18.2. The van der Waals surface area contributed by atoms with Crippen LogP contribution in [-0.4, -0.2) is 11.7 Å². The van der Waals surface area contributed by atoms with Crippen molar-refractivity contribution in [2.75, 3.05) is 6.61 Å². The van der Waals surface area contributed by atoms with E-state index in [1.165, 1.54) is 0 Å². The quantitative estimate of drug-likeness (QED) is 0.648. The van der Waals surface area contributed by atoms with E-state index in [1.807, 2.05) is 6.07 Å². The van der Waals surface area contributed by atoms with Gasteiger partial charge in [-0.2, -0.15) is 5.26 Å². The first-order valence-electron chi connectivity index (χ1n) is 4.16. The Balaban J connectivity index is 2.48. The summed E-state index contributed by atoms with van der Waals surface area (Å²) in [6, 6.07) is 7.13. The number of fused-ring (bicyclic) bond motifs is 1. The van der Waals surface area contributed by atoms with Gasteiger partial charge in [-0.25, -0.2) is 0 Å². The normalized spacial score (nSPS) is 19.8. The van der Waals surface area contributed by atoms with Gasteiger partial charge in [-0.15, -0.1) is 0 Å². The molecule has 0 fully saturated rings. The summed E-state index contributed by atoms with van der Waals surface area (Å²) < 4.78 is 5.32. The Hall–Kier alpha value is -1.53. The summed E-state index contributed by atoms with van der Waals surface area (Å²) in [7, 11) is 0. The molecule has 1 aliphatic rings. The molecule has 0 radical (unpaired) electrons. The van der Waals surface area contributed by atoms with Crippen molar-refractivity contribution in [2.24, 2.45) is 0 Å². The van der Waals surface area contributed by atoms with Crippen LogP contribution in [0.5, 0.6) is 5.75 Å². The molecule has 1 atom stereocenters. The Morgan fingerprint density at radius 2 is 2.38 bits per heavy atom. The lowest BCUT2D eigenvalue weighted by atomic mass is 10.0. The fourth-order valence-corrected chi connectivity index (χ4v) is 1.45. The highest BCUT2D eigenvalue weighted by Gasteiger charge is 2.19. The summed E-state index contributed by atoms with van der Waals surface area (Å²) in [4.78, 5) is 0. The fourth-order valence-electron chi connectivity index (χ4n) is 1.45. The highest BCUT2D eigenvalue weighted by Crippen LogP contribution is 2.32. The average Bonchev–Trinajstić information content (AvgIpc) is 2.18. The average molecular weight is 175 g/mol. The molecule has 1 N–H and O–H groups in total. The molecule has 66 valence electrons. The van der Waals surface area contributed by atoms with E-state index in [2.05, 4.69) is 0 Å². The van der Waals surface area contributed by atoms with E-state index in [9.17, 15) is 5.11 Å². The monoisotopic (exact) mass is 175 g/mol. The Bertz CT molecular complexity index is 368. The van der Waals surface area contributed by atoms with Crippen molar-refractivity contribution < 1.29 is 9.84 Å². The fraction of sp³-hybridized carbons (Fsp3) is 0.300. The highest BCUT2D eigenvalue weighted by molar-refractivity contribution is 5.43. The molecule has 0 aliphatic carbocycles. The third kappa shape index (κ3) is 1.36. The summed E-state index contributed by atoms with van der Waals surface area (Å²) in [6.07, 6.45) is 0.110. The first-order valence-corrected chi connectivity index (χ1v) is 4.16. The third-order valence-corrected chi connectivity index (χ3v) is 2.15. The van der Waals surface area contributed by atoms with Crippen LogP contribution in [0.2, 0.25) is 0 Å². The minimum Gasteiger partial charge on any atom is -0.493 e. The molecule has 0 bridgehead atoms. The molecule has 13 heavy (non-hydrogen) atoms. The molecule has 0 saturated heterocycles. The Labute approximate surface area is 76.2 Å². The number of ether oxygens (including phenoxy) is 1. The Kier molecular flexibility index (Phi) is 1.91. The lowest BCUT2D eigenvalue weighted by Crippen LogP contribution is -2.13. The van der Waals surface area contributed by atoms with E-state index in [-0.39, 0.29) is 0 Å². The maximum absolute atomic E-state index is 9.59. The minimum absolute atomic E-state index is 0.489. The molecule has 1 aromatic carbocycles. The van der Waals surface area contributed by atoms with E-state index in [1.54, 1.807) is 18.2 Å². The second-order valence-electron chi connectivity index (χ2n) is 3.02. The van der Waals surface area contributed by atoms with E-state index in [0.29, 0.717) is 24.3 Å². The highest BCUT2D eigenvalue weighted by atomic mass is 16.5. The van der Waals surface area contributed by atoms with Crippen molar-refractivity contribution in [1.29, 1.82) is 5.26 Å². The molecule has 1 unspecified atom stereocenters. The van der Waals surface area contributed by atoms with Crippen LogP contribution in [-0.2, 0) is 0 Å². The Morgan fingerprint density at radius 1 is 1.54 bits per heavy atom. The number of aliphatic hydroxyl groups is 1. The molecule has 3 heteroatoms. The zero-order valence-corrected chi connectivity index (χ0v) is 7.03. The molecule has 0 amide bonds. The molecule has 0 spiro atoms. The van der Waals surface area contributed by atoms with Crippen LogP contribution in [0, 0.1) is 11.3 Å². The van der Waals surface area contributed by atoms with Crippen LogP contribution in [0.4, 0.5) is 0 Å². The SMILES string of the molecule is N#Cc1ccc2c(c1)C(O)CCO2. The van der Waals surface area contributed by atoms with Gasteiger partial charge in [0, 0.05) is 12.0 Å². The van der Waals surface area contributed by atoms with Crippen molar-refractivity contribution >= 4 is 0 Å². The van der Waals surface area contributed by atoms with Gasteiger partial charge in [0.1, 0.15) is 5.75 Å². The summed E-state index contributed by atoms with van der Waals surface area (Å²) in [5.41, 5.74) is 1.29. The molecule has 0 saturated carbocycles. The topological polar surface area (TPSA) is 53.2 Å². The smallest absolute Gasteiger partial charge is 0.125 e. The lowest BCUT2D eigenvalue weighted by Gasteiger charge is -2.21. The predicted octanol–water partition coefficient (Wildman–Crippen LogP) is 1.37. The van der Waals surface area contributed by atoms with Crippen LogP contribution < -0.4 is 4.74 Å². The molecule has 2 rings (SSSR count). The van der Waals surface area contributed by atoms with Crippen LogP contribution in [0.3, 0.4) is 0 Å². The van der Waals surface area contributed by atoms with Crippen molar-refractivity contribution in [3.63, 3.8) is 0 Å². The molecule has 1 aromatic rings. The van der Waals surface area contributed by atoms with Crippen LogP contribution in [0.25, 0.3) is 0 Å². The first-order chi connectivity index (χ1) is 6.31. The van der Waals surface area contributed by atoms with Crippen molar-refractivity contribution in [1.82, 2.24) is 0 Å². The Morgan fingerprint density at radius 3 is 3.15 bits per heavy atom. The largest absolute Gasteiger partial charge is 0.493 e. The maximum atomic E-state index is 9.59. The van der Waals surface area contributed by atoms with Gasteiger partial charge in [-0.3, -0.25) is 0 Å². The van der Waals surface area contributed by atoms with Gasteiger partial charge in [-0.1, -0.05) is 0 Å². The zero-order valence-electron chi connectivity index (χ0n) is 7.03. The minimum atomic E-state index is -0.489. The van der Waals surface area contributed by atoms with Crippen molar-refractivity contribution in [2.45, 2.75) is 12.5 Å². The zero-order chi connectivity index (χ0) is 9.26. The van der Waals surface area contributed by atoms with Gasteiger partial charge in [0.25, 0.3) is 0 Å². The van der Waals surface area contributed by atoms with Crippen molar-refractivity contribution in [3.05, 3.63) is 29.3 Å². The second kappa shape index (κ2) is 3.08. The predicted molar refractivity (Wildman–Crippen MR) is 46.2 cm³/mol. The molecule has 1 aliphatic heterocycles. The summed E-state index contributed by atoms with van der Waals surface area (Å²) in [5.74, 6) is 0.692. The van der Waals surface area contributed by atoms with E-state index >= 15 is 0 Å². The van der Waals surface area contributed by atoms with Crippen LogP contribution in [0.1, 0.15) is 23.7 Å². The van der Waals surface area contributed by atoms with E-state index in [0.717, 1.165) is 5.56 Å². The van der Waals surface area contributed by atoms with Gasteiger partial charge in [0.15, 0.2) is 0 Å². The number of hydrogen-bond donors (Lipinski definition) is 1. The number of rotatable bonds is 0. The lowest BCUT2D eigenvalue weighted by molar-refractivity contribution is 0.115. The van der Waals surface area contributed by atoms with E-state index in [4.69, 9.17) is 10.00 Å². The molecule has 1 heterocycles. The summed E-state index contributed by atoms with van der Waals surface area (Å²) in [6.45, 7) is 0.542. The van der Waals surface area contributed by atoms with Gasteiger partial charge < -0.3 is 9.84 Å². The first kappa shape index (κ1) is 8.09. The van der Waals surface area contributed by atoms with Crippen LogP contribution in [0.15, 0.2) is 18.2 Å². The number of benzene rings is 1. The van der Waals surface area contributed by atoms with Gasteiger partial charge in [0.05, 0.1) is 24.3 Å². The summed E-state index contributed by atoms with van der Waals surface area (Å²) >= 11 is 0. The van der Waals surface area contributed by atoms with Crippen molar-refractivity contribution in [3.8, 4) is 11.8 Å². The number of hydrogen-bond acceptors (Lipinski definition) is 3. The second-order valence-corrected chi connectivity index (χ2v) is 3.02. The number of nitrogens with zero attached hydrogens (tertiary/aromatic N) is 1. The molecule has 3 nitrogen and oxygen atoms in total. The van der Waals surface area contributed by atoms with Crippen LogP contribution >= 0.6 is 0 Å². The standard InChI is InChI=1S/C10H9NO2/c11-6-7-1-2-10-8(5-7)9(12)3-4-13-10/h1-2,5,9,12H,3-4H2. The molecular weight excluding hydrogens is 166 g/mol. The van der Waals surface area contributed by atoms with E-state index < -0.39 is 6.10 Å². The third-order valence-electron chi connectivity index (χ3n) is 2.15. The number of nitriles is 1. The molecular formula is C10H9NO2. The van der Waals surface area contributed by atoms with Gasteiger partial charge >= 0.3 is 0 Å². The van der Waals surface area contributed by atoms with Gasteiger partial charge in [0.2, 0.25) is 0 Å².